The fourth-order valence-corrected chi connectivity index (χ4v) is 2.61. The first-order chi connectivity index (χ1) is 8.76. The number of pyridine rings is 1. The molecule has 0 fully saturated rings. The molecular weight excluding hydrogens is 249 g/mol. The van der Waals surface area contributed by atoms with Crippen molar-refractivity contribution in [3.63, 3.8) is 0 Å². The summed E-state index contributed by atoms with van der Waals surface area (Å²) in [6.45, 7) is 0. The first-order valence-electron chi connectivity index (χ1n) is 5.47. The van der Waals surface area contributed by atoms with Gasteiger partial charge in [-0.05, 0) is 36.4 Å². The molecule has 3 rings (SSSR count). The average Bonchev–Trinajstić information content (AvgIpc) is 2.81. The minimum absolute atomic E-state index is 0.465. The minimum Gasteiger partial charge on any atom is -0.388 e. The van der Waals surface area contributed by atoms with Crippen LogP contribution in [0.2, 0.25) is 0 Å². The van der Waals surface area contributed by atoms with Crippen molar-refractivity contribution in [2.75, 3.05) is 12.4 Å². The summed E-state index contributed by atoms with van der Waals surface area (Å²) in [4.78, 5) is 8.12. The van der Waals surface area contributed by atoms with E-state index < -0.39 is 5.95 Å². The molecule has 3 nitrogen and oxygen atoms in total. The summed E-state index contributed by atoms with van der Waals surface area (Å²) >= 11 is 1.51. The third-order valence-corrected chi connectivity index (χ3v) is 3.70. The summed E-state index contributed by atoms with van der Waals surface area (Å²) in [6, 6.07) is 11.0. The fraction of sp³-hybridized carbons (Fsp3) is 0.0769. The second-order valence-corrected chi connectivity index (χ2v) is 4.83. The van der Waals surface area contributed by atoms with Crippen LogP contribution in [-0.4, -0.2) is 17.0 Å². The third kappa shape index (κ3) is 1.93. The van der Waals surface area contributed by atoms with Gasteiger partial charge in [0.25, 0.3) is 0 Å². The molecule has 1 N–H and O–H groups in total. The van der Waals surface area contributed by atoms with Crippen molar-refractivity contribution < 1.29 is 4.39 Å². The van der Waals surface area contributed by atoms with Gasteiger partial charge in [-0.15, -0.1) is 11.3 Å². The second kappa shape index (κ2) is 4.34. The largest absolute Gasteiger partial charge is 0.388 e. The summed E-state index contributed by atoms with van der Waals surface area (Å²) in [5.41, 5.74) is 2.52. The predicted molar refractivity (Wildman–Crippen MR) is 72.4 cm³/mol. The number of nitrogens with zero attached hydrogens (tertiary/aromatic N) is 2. The van der Waals surface area contributed by atoms with Crippen LogP contribution in [0.4, 0.5) is 10.1 Å². The topological polar surface area (TPSA) is 37.8 Å². The number of hydrogen-bond acceptors (Lipinski definition) is 4. The third-order valence-electron chi connectivity index (χ3n) is 2.64. The molecule has 1 aromatic carbocycles. The minimum atomic E-state index is -0.495. The first-order valence-corrected chi connectivity index (χ1v) is 6.29. The van der Waals surface area contributed by atoms with Gasteiger partial charge >= 0.3 is 0 Å². The number of hydrogen-bond donors (Lipinski definition) is 1. The zero-order valence-electron chi connectivity index (χ0n) is 9.64. The molecule has 0 radical (unpaired) electrons. The van der Waals surface area contributed by atoms with Gasteiger partial charge in [-0.1, -0.05) is 0 Å². The normalized spacial score (nSPS) is 10.8. The molecule has 0 aliphatic carbocycles. The standard InChI is InChI=1S/C13H10FN3S/c1-15-9-4-2-8(3-5-9)13-17-12-10(18-13)6-7-11(14)16-12/h2-7,15H,1H3. The summed E-state index contributed by atoms with van der Waals surface area (Å²) in [5.74, 6) is -0.495. The molecule has 18 heavy (non-hydrogen) atoms. The molecule has 90 valence electrons. The Labute approximate surface area is 107 Å². The molecule has 0 aliphatic heterocycles. The number of halogens is 1. The molecule has 2 aromatic heterocycles. The fourth-order valence-electron chi connectivity index (χ4n) is 1.70. The van der Waals surface area contributed by atoms with Crippen LogP contribution in [0.25, 0.3) is 20.9 Å². The molecule has 0 unspecified atom stereocenters. The zero-order chi connectivity index (χ0) is 12.5. The lowest BCUT2D eigenvalue weighted by molar-refractivity contribution is 0.588. The van der Waals surface area contributed by atoms with Gasteiger partial charge in [-0.25, -0.2) is 4.98 Å². The van der Waals surface area contributed by atoms with Gasteiger partial charge in [0.05, 0.1) is 4.70 Å². The molecule has 0 saturated heterocycles. The number of benzene rings is 1. The Morgan fingerprint density at radius 2 is 1.83 bits per heavy atom. The predicted octanol–water partition coefficient (Wildman–Crippen LogP) is 3.54. The average molecular weight is 259 g/mol. The number of nitrogens with one attached hydrogen (secondary N) is 1. The van der Waals surface area contributed by atoms with Crippen molar-refractivity contribution in [3.8, 4) is 10.6 Å². The van der Waals surface area contributed by atoms with Crippen LogP contribution in [-0.2, 0) is 0 Å². The molecule has 0 amide bonds. The van der Waals surface area contributed by atoms with E-state index in [2.05, 4.69) is 15.3 Å². The molecule has 0 atom stereocenters. The maximum Gasteiger partial charge on any atom is 0.214 e. The van der Waals surface area contributed by atoms with Gasteiger partial charge < -0.3 is 5.32 Å². The molecule has 0 saturated carbocycles. The van der Waals surface area contributed by atoms with E-state index in [4.69, 9.17) is 0 Å². The highest BCUT2D eigenvalue weighted by atomic mass is 32.1. The lowest BCUT2D eigenvalue weighted by Crippen LogP contribution is -1.86. The summed E-state index contributed by atoms with van der Waals surface area (Å²) in [6.07, 6.45) is 0. The van der Waals surface area contributed by atoms with Crippen LogP contribution in [0, 0.1) is 5.95 Å². The second-order valence-electron chi connectivity index (χ2n) is 3.80. The van der Waals surface area contributed by atoms with E-state index in [0.29, 0.717) is 5.65 Å². The smallest absolute Gasteiger partial charge is 0.214 e. The summed E-state index contributed by atoms with van der Waals surface area (Å²) in [5, 5.41) is 3.91. The van der Waals surface area contributed by atoms with E-state index >= 15 is 0 Å². The number of anilines is 1. The van der Waals surface area contributed by atoms with Crippen molar-refractivity contribution >= 4 is 27.4 Å². The lowest BCUT2D eigenvalue weighted by Gasteiger charge is -2.00. The van der Waals surface area contributed by atoms with Gasteiger partial charge in [0, 0.05) is 18.3 Å². The number of aromatic nitrogens is 2. The van der Waals surface area contributed by atoms with Gasteiger partial charge in [0.15, 0.2) is 5.65 Å². The molecule has 0 bridgehead atoms. The molecular formula is C13H10FN3S. The lowest BCUT2D eigenvalue weighted by atomic mass is 10.2. The Morgan fingerprint density at radius 1 is 1.06 bits per heavy atom. The van der Waals surface area contributed by atoms with Gasteiger partial charge in [0.1, 0.15) is 5.01 Å². The van der Waals surface area contributed by atoms with Gasteiger partial charge in [0.2, 0.25) is 5.95 Å². The van der Waals surface area contributed by atoms with E-state index in [9.17, 15) is 4.39 Å². The monoisotopic (exact) mass is 259 g/mol. The molecule has 2 heterocycles. The summed E-state index contributed by atoms with van der Waals surface area (Å²) in [7, 11) is 1.87. The Bertz CT molecular complexity index is 691. The first kappa shape index (κ1) is 11.1. The van der Waals surface area contributed by atoms with E-state index in [1.165, 1.54) is 17.4 Å². The Morgan fingerprint density at radius 3 is 2.56 bits per heavy atom. The molecule has 0 spiro atoms. The SMILES string of the molecule is CNc1ccc(-c2nc3nc(F)ccc3s2)cc1. The quantitative estimate of drug-likeness (QED) is 0.715. The van der Waals surface area contributed by atoms with Crippen molar-refractivity contribution in [2.24, 2.45) is 0 Å². The van der Waals surface area contributed by atoms with Crippen LogP contribution in [0.15, 0.2) is 36.4 Å². The van der Waals surface area contributed by atoms with Crippen molar-refractivity contribution in [3.05, 3.63) is 42.3 Å². The van der Waals surface area contributed by atoms with E-state index in [1.807, 2.05) is 31.3 Å². The summed E-state index contributed by atoms with van der Waals surface area (Å²) < 4.78 is 13.9. The number of rotatable bonds is 2. The molecule has 0 aliphatic rings. The maximum atomic E-state index is 13.0. The highest BCUT2D eigenvalue weighted by molar-refractivity contribution is 7.21. The van der Waals surface area contributed by atoms with Crippen LogP contribution in [0.5, 0.6) is 0 Å². The van der Waals surface area contributed by atoms with Crippen LogP contribution in [0.3, 0.4) is 0 Å². The maximum absolute atomic E-state index is 13.0. The Balaban J connectivity index is 2.07. The van der Waals surface area contributed by atoms with E-state index in [1.54, 1.807) is 6.07 Å². The van der Waals surface area contributed by atoms with Crippen molar-refractivity contribution in [1.29, 1.82) is 0 Å². The van der Waals surface area contributed by atoms with Crippen molar-refractivity contribution in [2.45, 2.75) is 0 Å². The Kier molecular flexibility index (Phi) is 2.68. The van der Waals surface area contributed by atoms with Crippen LogP contribution >= 0.6 is 11.3 Å². The van der Waals surface area contributed by atoms with E-state index in [-0.39, 0.29) is 0 Å². The highest BCUT2D eigenvalue weighted by Crippen LogP contribution is 2.29. The van der Waals surface area contributed by atoms with Crippen molar-refractivity contribution in [1.82, 2.24) is 9.97 Å². The van der Waals surface area contributed by atoms with Gasteiger partial charge in [-0.2, -0.15) is 9.37 Å². The molecule has 5 heteroatoms. The highest BCUT2D eigenvalue weighted by Gasteiger charge is 2.07. The number of fused-ring (bicyclic) bond motifs is 1. The van der Waals surface area contributed by atoms with Crippen LogP contribution in [0.1, 0.15) is 0 Å². The Hall–Kier alpha value is -2.01. The molecule has 3 aromatic rings. The van der Waals surface area contributed by atoms with Gasteiger partial charge in [-0.3, -0.25) is 0 Å². The number of thiazole rings is 1. The van der Waals surface area contributed by atoms with Crippen LogP contribution < -0.4 is 5.32 Å². The zero-order valence-corrected chi connectivity index (χ0v) is 10.5. The van der Waals surface area contributed by atoms with E-state index in [0.717, 1.165) is 21.0 Å².